The number of ether oxygens (including phenoxy) is 1. The summed E-state index contributed by atoms with van der Waals surface area (Å²) in [7, 11) is 0. The van der Waals surface area contributed by atoms with Gasteiger partial charge < -0.3 is 4.74 Å². The lowest BCUT2D eigenvalue weighted by Gasteiger charge is -2.14. The van der Waals surface area contributed by atoms with E-state index in [9.17, 15) is 14.4 Å². The van der Waals surface area contributed by atoms with Gasteiger partial charge in [-0.3, -0.25) is 9.59 Å². The van der Waals surface area contributed by atoms with E-state index in [1.54, 1.807) is 24.3 Å². The van der Waals surface area contributed by atoms with Crippen LogP contribution in [-0.4, -0.2) is 29.4 Å². The Morgan fingerprint density at radius 1 is 1.20 bits per heavy atom. The van der Waals surface area contributed by atoms with Gasteiger partial charge in [0.1, 0.15) is 0 Å². The topological polar surface area (TPSA) is 63.7 Å². The van der Waals surface area contributed by atoms with Crippen LogP contribution in [-0.2, 0) is 9.53 Å². The van der Waals surface area contributed by atoms with Crippen molar-refractivity contribution in [3.63, 3.8) is 0 Å². The fraction of sp³-hybridized carbons (Fsp3) is 0.267. The maximum Gasteiger partial charge on any atom is 0.335 e. The third kappa shape index (κ3) is 2.47. The minimum Gasteiger partial charge on any atom is -0.440 e. The van der Waals surface area contributed by atoms with Crippen LogP contribution in [0.15, 0.2) is 36.4 Å². The maximum atomic E-state index is 12.0. The number of rotatable bonds is 5. The van der Waals surface area contributed by atoms with Crippen LogP contribution in [0.3, 0.4) is 0 Å². The monoisotopic (exact) mass is 273 g/mol. The largest absolute Gasteiger partial charge is 0.440 e. The summed E-state index contributed by atoms with van der Waals surface area (Å²) in [5.74, 6) is -1.47. The highest BCUT2D eigenvalue weighted by Gasteiger charge is 2.35. The fourth-order valence-corrected chi connectivity index (χ4v) is 1.99. The van der Waals surface area contributed by atoms with Crippen molar-refractivity contribution < 1.29 is 19.1 Å². The van der Waals surface area contributed by atoms with Gasteiger partial charge in [0, 0.05) is 5.57 Å². The molecule has 0 saturated heterocycles. The molecule has 5 nitrogen and oxygen atoms in total. The number of carbonyl (C=O) groups is 3. The molecule has 1 aromatic rings. The molecule has 0 spiro atoms. The van der Waals surface area contributed by atoms with E-state index in [2.05, 4.69) is 6.58 Å². The van der Waals surface area contributed by atoms with Crippen LogP contribution in [0.5, 0.6) is 0 Å². The molecule has 0 fully saturated rings. The average molecular weight is 273 g/mol. The van der Waals surface area contributed by atoms with Crippen LogP contribution in [0.25, 0.3) is 0 Å². The van der Waals surface area contributed by atoms with Crippen molar-refractivity contribution >= 4 is 17.8 Å². The Hall–Kier alpha value is -2.43. The zero-order chi connectivity index (χ0) is 14.7. The predicted molar refractivity (Wildman–Crippen MR) is 71.9 cm³/mol. The SMILES string of the molecule is C=C(CCC)C(=O)OCN1C(=O)c2ccccc2C1=O. The highest BCUT2D eigenvalue weighted by molar-refractivity contribution is 6.21. The molecule has 0 aromatic heterocycles. The van der Waals surface area contributed by atoms with Crippen molar-refractivity contribution in [3.05, 3.63) is 47.5 Å². The van der Waals surface area contributed by atoms with Gasteiger partial charge in [-0.25, -0.2) is 9.69 Å². The minimum atomic E-state index is -0.580. The molecule has 104 valence electrons. The summed E-state index contributed by atoms with van der Waals surface area (Å²) >= 11 is 0. The van der Waals surface area contributed by atoms with Gasteiger partial charge in [-0.1, -0.05) is 32.1 Å². The van der Waals surface area contributed by atoms with Crippen LogP contribution in [0.2, 0.25) is 0 Å². The van der Waals surface area contributed by atoms with E-state index in [1.165, 1.54) is 0 Å². The van der Waals surface area contributed by atoms with Gasteiger partial charge in [0.15, 0.2) is 6.73 Å². The number of fused-ring (bicyclic) bond motifs is 1. The van der Waals surface area contributed by atoms with Gasteiger partial charge in [-0.2, -0.15) is 0 Å². The Morgan fingerprint density at radius 2 is 1.75 bits per heavy atom. The number of carbonyl (C=O) groups excluding carboxylic acids is 3. The molecule has 0 radical (unpaired) electrons. The third-order valence-corrected chi connectivity index (χ3v) is 3.04. The molecule has 1 aliphatic heterocycles. The molecular weight excluding hydrogens is 258 g/mol. The number of hydrogen-bond donors (Lipinski definition) is 0. The number of hydrogen-bond acceptors (Lipinski definition) is 4. The second-order valence-corrected chi connectivity index (χ2v) is 4.50. The summed E-state index contributed by atoms with van der Waals surface area (Å²) in [6.45, 7) is 5.14. The summed E-state index contributed by atoms with van der Waals surface area (Å²) in [4.78, 5) is 36.5. The highest BCUT2D eigenvalue weighted by atomic mass is 16.5. The Morgan fingerprint density at radius 3 is 2.25 bits per heavy atom. The number of imide groups is 1. The summed E-state index contributed by atoms with van der Waals surface area (Å²) in [5, 5.41) is 0. The average Bonchev–Trinajstić information content (AvgIpc) is 2.69. The van der Waals surface area contributed by atoms with E-state index in [4.69, 9.17) is 4.74 Å². The molecule has 5 heteroatoms. The summed E-state index contributed by atoms with van der Waals surface area (Å²) < 4.78 is 4.96. The van der Waals surface area contributed by atoms with Crippen LogP contribution >= 0.6 is 0 Å². The Bertz CT molecular complexity index is 556. The van der Waals surface area contributed by atoms with Crippen molar-refractivity contribution in [3.8, 4) is 0 Å². The van der Waals surface area contributed by atoms with Gasteiger partial charge in [0.2, 0.25) is 0 Å². The molecule has 1 heterocycles. The van der Waals surface area contributed by atoms with E-state index in [-0.39, 0.29) is 6.73 Å². The second kappa shape index (κ2) is 5.69. The number of nitrogens with zero attached hydrogens (tertiary/aromatic N) is 1. The molecule has 20 heavy (non-hydrogen) atoms. The number of benzene rings is 1. The Labute approximate surface area is 116 Å². The molecule has 1 aliphatic rings. The van der Waals surface area contributed by atoms with E-state index in [0.29, 0.717) is 23.1 Å². The van der Waals surface area contributed by atoms with Crippen molar-refractivity contribution in [2.24, 2.45) is 0 Å². The quantitative estimate of drug-likeness (QED) is 0.468. The fourth-order valence-electron chi connectivity index (χ4n) is 1.99. The van der Waals surface area contributed by atoms with Crippen molar-refractivity contribution in [1.29, 1.82) is 0 Å². The first kappa shape index (κ1) is 14.0. The van der Waals surface area contributed by atoms with E-state index < -0.39 is 17.8 Å². The predicted octanol–water partition coefficient (Wildman–Crippen LogP) is 2.14. The zero-order valence-electron chi connectivity index (χ0n) is 11.2. The first-order valence-corrected chi connectivity index (χ1v) is 6.36. The summed E-state index contributed by atoms with van der Waals surface area (Å²) in [5.41, 5.74) is 1.01. The minimum absolute atomic E-state index is 0.334. The molecule has 0 N–H and O–H groups in total. The van der Waals surface area contributed by atoms with Crippen molar-refractivity contribution in [2.45, 2.75) is 19.8 Å². The first-order valence-electron chi connectivity index (χ1n) is 6.36. The Balaban J connectivity index is 2.03. The number of amides is 2. The van der Waals surface area contributed by atoms with Gasteiger partial charge in [0.05, 0.1) is 11.1 Å². The molecule has 0 atom stereocenters. The van der Waals surface area contributed by atoms with E-state index in [1.807, 2.05) is 6.92 Å². The molecule has 2 rings (SSSR count). The lowest BCUT2D eigenvalue weighted by atomic mass is 10.1. The molecule has 0 aliphatic carbocycles. The van der Waals surface area contributed by atoms with Crippen molar-refractivity contribution in [1.82, 2.24) is 4.90 Å². The molecule has 0 saturated carbocycles. The van der Waals surface area contributed by atoms with Crippen molar-refractivity contribution in [2.75, 3.05) is 6.73 Å². The van der Waals surface area contributed by atoms with Crippen LogP contribution in [0.1, 0.15) is 40.5 Å². The molecule has 2 amide bonds. The van der Waals surface area contributed by atoms with Crippen LogP contribution in [0, 0.1) is 0 Å². The molecule has 0 bridgehead atoms. The lowest BCUT2D eigenvalue weighted by Crippen LogP contribution is -2.33. The van der Waals surface area contributed by atoms with Gasteiger partial charge >= 0.3 is 5.97 Å². The van der Waals surface area contributed by atoms with Crippen LogP contribution in [0.4, 0.5) is 0 Å². The molecule has 1 aromatic carbocycles. The number of esters is 1. The zero-order valence-corrected chi connectivity index (χ0v) is 11.2. The second-order valence-electron chi connectivity index (χ2n) is 4.50. The highest BCUT2D eigenvalue weighted by Crippen LogP contribution is 2.22. The van der Waals surface area contributed by atoms with Gasteiger partial charge in [0.25, 0.3) is 11.8 Å². The Kier molecular flexibility index (Phi) is 3.98. The van der Waals surface area contributed by atoms with E-state index >= 15 is 0 Å². The third-order valence-electron chi connectivity index (χ3n) is 3.04. The standard InChI is InChI=1S/C15H15NO4/c1-3-6-10(2)15(19)20-9-16-13(17)11-7-4-5-8-12(11)14(16)18/h4-5,7-8H,2-3,6,9H2,1H3. The summed E-state index contributed by atoms with van der Waals surface area (Å²) in [6.07, 6.45) is 1.31. The van der Waals surface area contributed by atoms with Gasteiger partial charge in [-0.05, 0) is 18.6 Å². The maximum absolute atomic E-state index is 12.0. The normalized spacial score (nSPS) is 13.3. The first-order chi connectivity index (χ1) is 9.56. The molecular formula is C15H15NO4. The van der Waals surface area contributed by atoms with Gasteiger partial charge in [-0.15, -0.1) is 0 Å². The van der Waals surface area contributed by atoms with E-state index in [0.717, 1.165) is 11.3 Å². The summed E-state index contributed by atoms with van der Waals surface area (Å²) in [6, 6.07) is 6.52. The molecule has 0 unspecified atom stereocenters. The lowest BCUT2D eigenvalue weighted by molar-refractivity contribution is -0.141. The smallest absolute Gasteiger partial charge is 0.335 e. The van der Waals surface area contributed by atoms with Crippen LogP contribution < -0.4 is 0 Å².